The molecule has 166 valence electrons. The molecule has 0 spiro atoms. The van der Waals surface area contributed by atoms with E-state index in [4.69, 9.17) is 5.26 Å². The molecule has 4 rings (SSSR count). The van der Waals surface area contributed by atoms with E-state index >= 15 is 0 Å². The molecule has 2 heterocycles. The highest BCUT2D eigenvalue weighted by Gasteiger charge is 2.21. The lowest BCUT2D eigenvalue weighted by atomic mass is 10.0. The first-order chi connectivity index (χ1) is 15.6. The number of nitriles is 1. The number of rotatable bonds is 6. The molecule has 2 saturated heterocycles. The number of hydrogen-bond acceptors (Lipinski definition) is 4. The molecular weight excluding hydrogens is 402 g/mol. The molecular formula is C25H29N5O2. The summed E-state index contributed by atoms with van der Waals surface area (Å²) < 4.78 is 0. The Labute approximate surface area is 189 Å². The minimum Gasteiger partial charge on any atom is -0.371 e. The lowest BCUT2D eigenvalue weighted by Gasteiger charge is -2.34. The topological polar surface area (TPSA) is 88.5 Å². The van der Waals surface area contributed by atoms with Crippen molar-refractivity contribution in [2.75, 3.05) is 24.5 Å². The molecule has 3 amide bonds. The largest absolute Gasteiger partial charge is 0.371 e. The van der Waals surface area contributed by atoms with Crippen LogP contribution in [0.3, 0.4) is 0 Å². The Kier molecular flexibility index (Phi) is 6.90. The van der Waals surface area contributed by atoms with Crippen molar-refractivity contribution in [2.45, 2.75) is 44.8 Å². The Morgan fingerprint density at radius 3 is 2.31 bits per heavy atom. The van der Waals surface area contributed by atoms with E-state index in [1.54, 1.807) is 0 Å². The second kappa shape index (κ2) is 10.2. The Balaban J connectivity index is 1.17. The van der Waals surface area contributed by atoms with E-state index in [0.717, 1.165) is 55.7 Å². The van der Waals surface area contributed by atoms with Crippen LogP contribution in [0, 0.1) is 11.3 Å². The van der Waals surface area contributed by atoms with Crippen molar-refractivity contribution in [2.24, 2.45) is 0 Å². The number of urea groups is 1. The van der Waals surface area contributed by atoms with Gasteiger partial charge in [-0.05, 0) is 54.7 Å². The maximum Gasteiger partial charge on any atom is 0.315 e. The lowest BCUT2D eigenvalue weighted by Crippen LogP contribution is -2.47. The molecule has 0 unspecified atom stereocenters. The lowest BCUT2D eigenvalue weighted by molar-refractivity contribution is -0.128. The van der Waals surface area contributed by atoms with Crippen LogP contribution in [-0.2, 0) is 17.9 Å². The SMILES string of the molecule is N#Cc1ccc(N2CCC(NC(=O)NCc3ccc(CN4CCCC4=O)cc3)CC2)cc1. The van der Waals surface area contributed by atoms with E-state index in [1.165, 1.54) is 0 Å². The number of nitrogens with one attached hydrogen (secondary N) is 2. The molecule has 0 radical (unpaired) electrons. The third-order valence-corrected chi connectivity index (χ3v) is 6.21. The van der Waals surface area contributed by atoms with Crippen molar-refractivity contribution in [1.82, 2.24) is 15.5 Å². The fraction of sp³-hybridized carbons (Fsp3) is 0.400. The van der Waals surface area contributed by atoms with Crippen molar-refractivity contribution in [3.05, 3.63) is 65.2 Å². The van der Waals surface area contributed by atoms with Crippen LogP contribution in [0.2, 0.25) is 0 Å². The molecule has 7 nitrogen and oxygen atoms in total. The summed E-state index contributed by atoms with van der Waals surface area (Å²) in [5, 5.41) is 14.9. The van der Waals surface area contributed by atoms with Crippen molar-refractivity contribution < 1.29 is 9.59 Å². The molecule has 2 N–H and O–H groups in total. The van der Waals surface area contributed by atoms with Gasteiger partial charge in [-0.1, -0.05) is 24.3 Å². The Morgan fingerprint density at radius 1 is 1.00 bits per heavy atom. The number of nitrogens with zero attached hydrogens (tertiary/aromatic N) is 3. The van der Waals surface area contributed by atoms with Crippen molar-refractivity contribution in [1.29, 1.82) is 5.26 Å². The zero-order valence-electron chi connectivity index (χ0n) is 18.2. The summed E-state index contributed by atoms with van der Waals surface area (Å²) in [7, 11) is 0. The predicted octanol–water partition coefficient (Wildman–Crippen LogP) is 3.15. The number of benzene rings is 2. The number of carbonyl (C=O) groups is 2. The summed E-state index contributed by atoms with van der Waals surface area (Å²) in [6.07, 6.45) is 3.38. The first kappa shape index (κ1) is 21.7. The summed E-state index contributed by atoms with van der Waals surface area (Å²) in [5.74, 6) is 0.232. The maximum atomic E-state index is 12.3. The van der Waals surface area contributed by atoms with Gasteiger partial charge in [0.05, 0.1) is 11.6 Å². The monoisotopic (exact) mass is 431 g/mol. The fourth-order valence-electron chi connectivity index (χ4n) is 4.30. The van der Waals surface area contributed by atoms with Gasteiger partial charge in [-0.25, -0.2) is 4.79 Å². The van der Waals surface area contributed by atoms with Crippen molar-refractivity contribution >= 4 is 17.6 Å². The van der Waals surface area contributed by atoms with Gasteiger partial charge in [-0.15, -0.1) is 0 Å². The maximum absolute atomic E-state index is 12.3. The van der Waals surface area contributed by atoms with E-state index in [1.807, 2.05) is 53.4 Å². The van der Waals surface area contributed by atoms with Gasteiger partial charge in [0.25, 0.3) is 0 Å². The molecule has 2 aliphatic rings. The van der Waals surface area contributed by atoms with Crippen LogP contribution in [0.5, 0.6) is 0 Å². The average Bonchev–Trinajstić information content (AvgIpc) is 3.23. The summed E-state index contributed by atoms with van der Waals surface area (Å²) >= 11 is 0. The van der Waals surface area contributed by atoms with Crippen LogP contribution in [0.25, 0.3) is 0 Å². The van der Waals surface area contributed by atoms with E-state index in [0.29, 0.717) is 25.1 Å². The molecule has 0 aromatic heterocycles. The predicted molar refractivity (Wildman–Crippen MR) is 123 cm³/mol. The molecule has 2 aromatic carbocycles. The molecule has 7 heteroatoms. The summed E-state index contributed by atoms with van der Waals surface area (Å²) in [5.41, 5.74) is 3.93. The fourth-order valence-corrected chi connectivity index (χ4v) is 4.30. The van der Waals surface area contributed by atoms with Crippen LogP contribution >= 0.6 is 0 Å². The summed E-state index contributed by atoms with van der Waals surface area (Å²) in [4.78, 5) is 28.3. The van der Waals surface area contributed by atoms with Crippen LogP contribution in [0.4, 0.5) is 10.5 Å². The van der Waals surface area contributed by atoms with Gasteiger partial charge in [-0.3, -0.25) is 4.79 Å². The van der Waals surface area contributed by atoms with Gasteiger partial charge in [0, 0.05) is 50.9 Å². The van der Waals surface area contributed by atoms with Crippen LogP contribution in [-0.4, -0.2) is 42.5 Å². The van der Waals surface area contributed by atoms with E-state index in [-0.39, 0.29) is 18.0 Å². The van der Waals surface area contributed by atoms with E-state index in [2.05, 4.69) is 21.6 Å². The van der Waals surface area contributed by atoms with Crippen molar-refractivity contribution in [3.63, 3.8) is 0 Å². The van der Waals surface area contributed by atoms with Gasteiger partial charge in [0.1, 0.15) is 0 Å². The molecule has 0 saturated carbocycles. The third kappa shape index (κ3) is 5.58. The van der Waals surface area contributed by atoms with E-state index in [9.17, 15) is 9.59 Å². The van der Waals surface area contributed by atoms with Gasteiger partial charge in [-0.2, -0.15) is 5.26 Å². The minimum absolute atomic E-state index is 0.145. The van der Waals surface area contributed by atoms with Gasteiger partial charge in [0.2, 0.25) is 5.91 Å². The normalized spacial score (nSPS) is 16.7. The highest BCUT2D eigenvalue weighted by molar-refractivity contribution is 5.78. The zero-order valence-corrected chi connectivity index (χ0v) is 18.2. The first-order valence-electron chi connectivity index (χ1n) is 11.3. The number of piperidine rings is 1. The molecule has 2 aromatic rings. The molecule has 0 aliphatic carbocycles. The number of carbonyl (C=O) groups excluding carboxylic acids is 2. The molecule has 0 atom stereocenters. The molecule has 32 heavy (non-hydrogen) atoms. The number of hydrogen-bond donors (Lipinski definition) is 2. The summed E-state index contributed by atoms with van der Waals surface area (Å²) in [6, 6.07) is 17.9. The Bertz CT molecular complexity index is 973. The standard InChI is InChI=1S/C25H29N5O2/c26-16-19-7-9-23(10-8-19)29-14-11-22(12-15-29)28-25(32)27-17-20-3-5-21(6-4-20)18-30-13-1-2-24(30)31/h3-10,22H,1-2,11-15,17-18H2,(H2,27,28,32). The van der Waals surface area contributed by atoms with Crippen LogP contribution in [0.1, 0.15) is 42.4 Å². The molecule has 2 fully saturated rings. The van der Waals surface area contributed by atoms with Crippen LogP contribution in [0.15, 0.2) is 48.5 Å². The minimum atomic E-state index is -0.145. The first-order valence-corrected chi connectivity index (χ1v) is 11.3. The number of anilines is 1. The number of amides is 3. The Hall–Kier alpha value is -3.53. The quantitative estimate of drug-likeness (QED) is 0.735. The second-order valence-corrected chi connectivity index (χ2v) is 8.48. The smallest absolute Gasteiger partial charge is 0.315 e. The van der Waals surface area contributed by atoms with Gasteiger partial charge in [0.15, 0.2) is 0 Å². The average molecular weight is 432 g/mol. The van der Waals surface area contributed by atoms with E-state index < -0.39 is 0 Å². The van der Waals surface area contributed by atoms with Crippen molar-refractivity contribution in [3.8, 4) is 6.07 Å². The molecule has 0 bridgehead atoms. The highest BCUT2D eigenvalue weighted by Crippen LogP contribution is 2.20. The Morgan fingerprint density at radius 2 is 1.69 bits per heavy atom. The van der Waals surface area contributed by atoms with Gasteiger partial charge < -0.3 is 20.4 Å². The zero-order chi connectivity index (χ0) is 22.3. The number of likely N-dealkylation sites (tertiary alicyclic amines) is 1. The van der Waals surface area contributed by atoms with Gasteiger partial charge >= 0.3 is 6.03 Å². The van der Waals surface area contributed by atoms with Crippen LogP contribution < -0.4 is 15.5 Å². The molecule has 2 aliphatic heterocycles. The highest BCUT2D eigenvalue weighted by atomic mass is 16.2. The summed E-state index contributed by atoms with van der Waals surface area (Å²) in [6.45, 7) is 3.72. The second-order valence-electron chi connectivity index (χ2n) is 8.48. The third-order valence-electron chi connectivity index (χ3n) is 6.21.